The Balaban J connectivity index is 1.97. The largest absolute Gasteiger partial charge is 0.353 e. The van der Waals surface area contributed by atoms with Crippen LogP contribution in [0.3, 0.4) is 0 Å². The smallest absolute Gasteiger partial charge is 0.167 e. The highest BCUT2D eigenvalue weighted by Gasteiger charge is 2.36. The van der Waals surface area contributed by atoms with Gasteiger partial charge in [0.15, 0.2) is 5.79 Å². The Morgan fingerprint density at radius 2 is 2.00 bits per heavy atom. The average Bonchev–Trinajstić information content (AvgIpc) is 2.83. The number of hydrogen-bond donors (Lipinski definition) is 0. The van der Waals surface area contributed by atoms with Gasteiger partial charge in [0.1, 0.15) is 0 Å². The minimum atomic E-state index is -0.340. The molecule has 1 aliphatic rings. The number of rotatable bonds is 3. The van der Waals surface area contributed by atoms with Crippen LogP contribution in [0.5, 0.6) is 0 Å². The number of thiazole rings is 1. The lowest BCUT2D eigenvalue weighted by atomic mass is 9.85. The summed E-state index contributed by atoms with van der Waals surface area (Å²) in [4.78, 5) is 4.38. The maximum atomic E-state index is 5.45. The monoisotopic (exact) mass is 227 g/mol. The summed E-state index contributed by atoms with van der Waals surface area (Å²) in [6.45, 7) is 0. The van der Waals surface area contributed by atoms with E-state index < -0.39 is 0 Å². The maximum Gasteiger partial charge on any atom is 0.167 e. The topological polar surface area (TPSA) is 31.4 Å². The quantitative estimate of drug-likeness (QED) is 0.744. The predicted molar refractivity (Wildman–Crippen MR) is 60.1 cm³/mol. The van der Waals surface area contributed by atoms with Crippen molar-refractivity contribution in [2.24, 2.45) is 0 Å². The van der Waals surface area contributed by atoms with Gasteiger partial charge in [-0.25, -0.2) is 4.98 Å². The third kappa shape index (κ3) is 2.22. The van der Waals surface area contributed by atoms with Crippen LogP contribution in [-0.2, 0) is 9.47 Å². The molecule has 0 amide bonds. The van der Waals surface area contributed by atoms with Crippen LogP contribution in [0.2, 0.25) is 0 Å². The van der Waals surface area contributed by atoms with Gasteiger partial charge < -0.3 is 9.47 Å². The van der Waals surface area contributed by atoms with E-state index in [0.29, 0.717) is 5.92 Å². The van der Waals surface area contributed by atoms with Gasteiger partial charge in [0.2, 0.25) is 0 Å². The van der Waals surface area contributed by atoms with Crippen LogP contribution >= 0.6 is 11.3 Å². The Morgan fingerprint density at radius 1 is 1.33 bits per heavy atom. The molecule has 3 nitrogen and oxygen atoms in total. The van der Waals surface area contributed by atoms with Crippen molar-refractivity contribution >= 4 is 11.3 Å². The van der Waals surface area contributed by atoms with Crippen molar-refractivity contribution in [3.8, 4) is 0 Å². The summed E-state index contributed by atoms with van der Waals surface area (Å²) in [5.41, 5.74) is 0. The van der Waals surface area contributed by atoms with Gasteiger partial charge in [-0.2, -0.15) is 0 Å². The summed E-state index contributed by atoms with van der Waals surface area (Å²) in [6.07, 6.45) is 6.02. The lowest BCUT2D eigenvalue weighted by Crippen LogP contribution is -2.37. The van der Waals surface area contributed by atoms with Crippen molar-refractivity contribution in [2.45, 2.75) is 37.4 Å². The lowest BCUT2D eigenvalue weighted by Gasteiger charge is -2.37. The van der Waals surface area contributed by atoms with E-state index in [1.54, 1.807) is 25.6 Å². The first-order valence-corrected chi connectivity index (χ1v) is 6.17. The summed E-state index contributed by atoms with van der Waals surface area (Å²) in [5, 5.41) is 3.31. The molecule has 0 saturated heterocycles. The van der Waals surface area contributed by atoms with Crippen LogP contribution in [0.15, 0.2) is 11.6 Å². The number of ether oxygens (including phenoxy) is 2. The number of hydrogen-bond acceptors (Lipinski definition) is 4. The van der Waals surface area contributed by atoms with Crippen LogP contribution < -0.4 is 0 Å². The molecule has 1 aliphatic carbocycles. The third-order valence-electron chi connectivity index (χ3n) is 3.29. The van der Waals surface area contributed by atoms with Gasteiger partial charge in [-0.15, -0.1) is 11.3 Å². The van der Waals surface area contributed by atoms with Gasteiger partial charge in [-0.05, 0) is 12.8 Å². The van der Waals surface area contributed by atoms with E-state index in [2.05, 4.69) is 4.98 Å². The molecule has 4 heteroatoms. The highest BCUT2D eigenvalue weighted by Crippen LogP contribution is 2.40. The Hall–Kier alpha value is -0.450. The molecular formula is C11H17NO2S. The second kappa shape index (κ2) is 4.60. The van der Waals surface area contributed by atoms with E-state index in [1.807, 2.05) is 11.6 Å². The molecule has 0 atom stereocenters. The van der Waals surface area contributed by atoms with E-state index in [9.17, 15) is 0 Å². The van der Waals surface area contributed by atoms with Crippen LogP contribution in [0, 0.1) is 0 Å². The Kier molecular flexibility index (Phi) is 3.38. The standard InChI is InChI=1S/C11H17NO2S/c1-13-11(14-2)5-3-9(4-6-11)10-12-7-8-15-10/h7-9H,3-6H2,1-2H3. The fourth-order valence-electron chi connectivity index (χ4n) is 2.23. The van der Waals surface area contributed by atoms with E-state index in [1.165, 1.54) is 5.01 Å². The number of nitrogens with zero attached hydrogens (tertiary/aromatic N) is 1. The zero-order valence-electron chi connectivity index (χ0n) is 9.23. The number of methoxy groups -OCH3 is 2. The first kappa shape index (κ1) is 11.0. The summed E-state index contributed by atoms with van der Waals surface area (Å²) in [6, 6.07) is 0. The normalized spacial score (nSPS) is 21.7. The lowest BCUT2D eigenvalue weighted by molar-refractivity contribution is -0.224. The second-order valence-electron chi connectivity index (χ2n) is 3.96. The van der Waals surface area contributed by atoms with E-state index in [0.717, 1.165) is 25.7 Å². The van der Waals surface area contributed by atoms with Gasteiger partial charge in [0.05, 0.1) is 5.01 Å². The molecule has 0 aliphatic heterocycles. The van der Waals surface area contributed by atoms with Gasteiger partial charge in [-0.1, -0.05) is 0 Å². The number of aromatic nitrogens is 1. The van der Waals surface area contributed by atoms with Gasteiger partial charge in [0.25, 0.3) is 0 Å². The molecule has 2 rings (SSSR count). The van der Waals surface area contributed by atoms with Crippen LogP contribution in [-0.4, -0.2) is 25.0 Å². The molecule has 0 aromatic carbocycles. The fraction of sp³-hybridized carbons (Fsp3) is 0.727. The highest BCUT2D eigenvalue weighted by molar-refractivity contribution is 7.09. The first-order chi connectivity index (χ1) is 7.29. The van der Waals surface area contributed by atoms with Crippen LogP contribution in [0.4, 0.5) is 0 Å². The molecule has 0 spiro atoms. The Bertz CT molecular complexity index is 286. The van der Waals surface area contributed by atoms with Crippen molar-refractivity contribution in [3.05, 3.63) is 16.6 Å². The SMILES string of the molecule is COC1(OC)CCC(c2nccs2)CC1. The summed E-state index contributed by atoms with van der Waals surface area (Å²) >= 11 is 1.75. The fourth-order valence-corrected chi connectivity index (χ4v) is 3.04. The maximum absolute atomic E-state index is 5.45. The van der Waals surface area contributed by atoms with Crippen molar-refractivity contribution in [1.29, 1.82) is 0 Å². The zero-order valence-corrected chi connectivity index (χ0v) is 10.0. The predicted octanol–water partition coefficient (Wildman–Crippen LogP) is 2.79. The molecule has 0 bridgehead atoms. The molecule has 84 valence electrons. The zero-order chi connectivity index (χ0) is 10.7. The van der Waals surface area contributed by atoms with Crippen LogP contribution in [0.1, 0.15) is 36.6 Å². The van der Waals surface area contributed by atoms with Gasteiger partial charge in [0, 0.05) is 44.6 Å². The molecule has 1 aromatic heterocycles. The van der Waals surface area contributed by atoms with Crippen molar-refractivity contribution in [3.63, 3.8) is 0 Å². The molecule has 1 heterocycles. The van der Waals surface area contributed by atoms with E-state index in [-0.39, 0.29) is 5.79 Å². The Morgan fingerprint density at radius 3 is 2.47 bits per heavy atom. The average molecular weight is 227 g/mol. The summed E-state index contributed by atoms with van der Waals surface area (Å²) < 4.78 is 10.9. The summed E-state index contributed by atoms with van der Waals surface area (Å²) in [7, 11) is 3.46. The minimum absolute atomic E-state index is 0.340. The minimum Gasteiger partial charge on any atom is -0.353 e. The van der Waals surface area contributed by atoms with Crippen LogP contribution in [0.25, 0.3) is 0 Å². The van der Waals surface area contributed by atoms with Gasteiger partial charge >= 0.3 is 0 Å². The van der Waals surface area contributed by atoms with E-state index in [4.69, 9.17) is 9.47 Å². The third-order valence-corrected chi connectivity index (χ3v) is 4.23. The van der Waals surface area contributed by atoms with Gasteiger partial charge in [-0.3, -0.25) is 0 Å². The molecule has 1 aromatic rings. The first-order valence-electron chi connectivity index (χ1n) is 5.29. The van der Waals surface area contributed by atoms with Crippen molar-refractivity contribution in [1.82, 2.24) is 4.98 Å². The molecule has 1 fully saturated rings. The molecule has 0 N–H and O–H groups in total. The molecular weight excluding hydrogens is 210 g/mol. The molecule has 0 unspecified atom stereocenters. The molecule has 1 saturated carbocycles. The molecule has 0 radical (unpaired) electrons. The summed E-state index contributed by atoms with van der Waals surface area (Å²) in [5.74, 6) is 0.261. The second-order valence-corrected chi connectivity index (χ2v) is 4.89. The van der Waals surface area contributed by atoms with Crippen molar-refractivity contribution < 1.29 is 9.47 Å². The Labute approximate surface area is 94.4 Å². The molecule has 15 heavy (non-hydrogen) atoms. The van der Waals surface area contributed by atoms with E-state index >= 15 is 0 Å². The van der Waals surface area contributed by atoms with Crippen molar-refractivity contribution in [2.75, 3.05) is 14.2 Å². The highest BCUT2D eigenvalue weighted by atomic mass is 32.1.